The summed E-state index contributed by atoms with van der Waals surface area (Å²) in [6.07, 6.45) is 0. The Morgan fingerprint density at radius 2 is 1.70 bits per heavy atom. The Labute approximate surface area is 76.3 Å². The van der Waals surface area contributed by atoms with E-state index in [1.807, 2.05) is 38.4 Å². The normalized spacial score (nSPS) is 8.20. The molecule has 0 aliphatic heterocycles. The Balaban J connectivity index is 0.000000810. The van der Waals surface area contributed by atoms with Gasteiger partial charge >= 0.3 is 0 Å². The second-order valence-electron chi connectivity index (χ2n) is 2.15. The molecule has 1 aromatic rings. The number of hydrogen-bond acceptors (Lipinski definition) is 1. The van der Waals surface area contributed by atoms with Gasteiger partial charge in [0.2, 0.25) is 0 Å². The van der Waals surface area contributed by atoms with Gasteiger partial charge in [-0.3, -0.25) is 0 Å². The summed E-state index contributed by atoms with van der Waals surface area (Å²) in [6.45, 7) is 0. The SMILES string of the molecule is CN(C)c1cc[c-]cc1.[Pt]. The van der Waals surface area contributed by atoms with E-state index < -0.39 is 0 Å². The van der Waals surface area contributed by atoms with E-state index in [9.17, 15) is 0 Å². The third-order valence-electron chi connectivity index (χ3n) is 1.22. The number of benzene rings is 1. The smallest absolute Gasteiger partial charge is 0.00397 e. The number of hydrogen-bond donors (Lipinski definition) is 0. The molecule has 0 aliphatic carbocycles. The topological polar surface area (TPSA) is 3.24 Å². The van der Waals surface area contributed by atoms with Gasteiger partial charge in [-0.1, -0.05) is 5.69 Å². The van der Waals surface area contributed by atoms with Crippen LogP contribution in [0.25, 0.3) is 0 Å². The summed E-state index contributed by atoms with van der Waals surface area (Å²) in [5.74, 6) is 0. The number of rotatable bonds is 1. The van der Waals surface area contributed by atoms with Gasteiger partial charge in [0.15, 0.2) is 0 Å². The largest absolute Gasteiger partial charge is 0.399 e. The zero-order valence-corrected chi connectivity index (χ0v) is 8.35. The molecule has 0 unspecified atom stereocenters. The Morgan fingerprint density at radius 3 is 2.00 bits per heavy atom. The van der Waals surface area contributed by atoms with E-state index >= 15 is 0 Å². The molecule has 0 radical (unpaired) electrons. The molecular weight excluding hydrogens is 305 g/mol. The fourth-order valence-corrected chi connectivity index (χ4v) is 0.676. The van der Waals surface area contributed by atoms with Crippen LogP contribution in [0.15, 0.2) is 24.3 Å². The molecule has 1 rings (SSSR count). The Morgan fingerprint density at radius 1 is 1.20 bits per heavy atom. The first-order valence-electron chi connectivity index (χ1n) is 2.94. The van der Waals surface area contributed by atoms with Crippen LogP contribution in [-0.4, -0.2) is 14.1 Å². The van der Waals surface area contributed by atoms with Crippen molar-refractivity contribution in [2.75, 3.05) is 19.0 Å². The van der Waals surface area contributed by atoms with Gasteiger partial charge in [-0.25, -0.2) is 0 Å². The van der Waals surface area contributed by atoms with Crippen LogP contribution in [0.3, 0.4) is 0 Å². The molecule has 1 aromatic carbocycles. The van der Waals surface area contributed by atoms with E-state index in [0.29, 0.717) is 0 Å². The molecular formula is C8H10NPt-. The van der Waals surface area contributed by atoms with Crippen molar-refractivity contribution in [3.05, 3.63) is 30.3 Å². The Hall–Kier alpha value is -0.292. The molecule has 1 nitrogen and oxygen atoms in total. The average molecular weight is 315 g/mol. The van der Waals surface area contributed by atoms with Crippen molar-refractivity contribution in [1.29, 1.82) is 0 Å². The average Bonchev–Trinajstić information content (AvgIpc) is 1.90. The molecule has 0 aliphatic rings. The molecule has 0 bridgehead atoms. The van der Waals surface area contributed by atoms with Gasteiger partial charge in [-0.2, -0.15) is 18.2 Å². The molecule has 0 atom stereocenters. The minimum Gasteiger partial charge on any atom is -0.399 e. The molecule has 0 aromatic heterocycles. The Bertz CT molecular complexity index is 172. The first kappa shape index (κ1) is 9.71. The first-order valence-corrected chi connectivity index (χ1v) is 2.94. The van der Waals surface area contributed by atoms with Gasteiger partial charge in [0, 0.05) is 35.2 Å². The molecule has 0 spiro atoms. The van der Waals surface area contributed by atoms with Crippen LogP contribution in [-0.2, 0) is 21.1 Å². The van der Waals surface area contributed by atoms with E-state index in [0.717, 1.165) is 0 Å². The quantitative estimate of drug-likeness (QED) is 0.711. The molecule has 0 heterocycles. The number of anilines is 1. The van der Waals surface area contributed by atoms with Gasteiger partial charge < -0.3 is 4.90 Å². The van der Waals surface area contributed by atoms with Gasteiger partial charge in [0.1, 0.15) is 0 Å². The molecule has 10 heavy (non-hydrogen) atoms. The summed E-state index contributed by atoms with van der Waals surface area (Å²) >= 11 is 0. The minimum absolute atomic E-state index is 0. The van der Waals surface area contributed by atoms with Gasteiger partial charge in [0.25, 0.3) is 0 Å². The van der Waals surface area contributed by atoms with Gasteiger partial charge in [-0.15, -0.1) is 12.1 Å². The second kappa shape index (κ2) is 4.51. The first-order chi connectivity index (χ1) is 4.30. The van der Waals surface area contributed by atoms with E-state index in [1.54, 1.807) is 0 Å². The van der Waals surface area contributed by atoms with E-state index in [-0.39, 0.29) is 21.1 Å². The van der Waals surface area contributed by atoms with Crippen molar-refractivity contribution >= 4 is 5.69 Å². The molecule has 0 saturated carbocycles. The summed E-state index contributed by atoms with van der Waals surface area (Å²) in [5.41, 5.74) is 1.22. The zero-order valence-electron chi connectivity index (χ0n) is 6.07. The van der Waals surface area contributed by atoms with E-state index in [2.05, 4.69) is 11.0 Å². The summed E-state index contributed by atoms with van der Waals surface area (Å²) in [7, 11) is 4.05. The van der Waals surface area contributed by atoms with Crippen LogP contribution in [0.5, 0.6) is 0 Å². The maximum Gasteiger partial charge on any atom is 0.00397 e. The number of nitrogens with zero attached hydrogens (tertiary/aromatic N) is 1. The molecule has 0 saturated heterocycles. The molecule has 2 heteroatoms. The van der Waals surface area contributed by atoms with Crippen molar-refractivity contribution in [3.8, 4) is 0 Å². The maximum absolute atomic E-state index is 2.96. The van der Waals surface area contributed by atoms with Crippen LogP contribution in [0, 0.1) is 6.07 Å². The molecule has 0 fully saturated rings. The summed E-state index contributed by atoms with van der Waals surface area (Å²) in [6, 6.07) is 10.8. The van der Waals surface area contributed by atoms with Gasteiger partial charge in [0.05, 0.1) is 0 Å². The van der Waals surface area contributed by atoms with Crippen LogP contribution in [0.1, 0.15) is 0 Å². The minimum atomic E-state index is 0. The maximum atomic E-state index is 2.96. The summed E-state index contributed by atoms with van der Waals surface area (Å²) in [4.78, 5) is 2.06. The summed E-state index contributed by atoms with van der Waals surface area (Å²) < 4.78 is 0. The third kappa shape index (κ3) is 2.53. The molecule has 0 amide bonds. The zero-order chi connectivity index (χ0) is 6.69. The van der Waals surface area contributed by atoms with Crippen molar-refractivity contribution in [1.82, 2.24) is 0 Å². The van der Waals surface area contributed by atoms with Crippen LogP contribution in [0.4, 0.5) is 5.69 Å². The predicted molar refractivity (Wildman–Crippen MR) is 39.6 cm³/mol. The van der Waals surface area contributed by atoms with E-state index in [4.69, 9.17) is 0 Å². The molecule has 0 N–H and O–H groups in total. The standard InChI is InChI=1S/C8H10N.Pt/c1-9(2)8-6-4-3-5-7-8;/h4-7H,1-2H3;/q-1;. The van der Waals surface area contributed by atoms with Crippen molar-refractivity contribution in [3.63, 3.8) is 0 Å². The van der Waals surface area contributed by atoms with E-state index in [1.165, 1.54) is 5.69 Å². The van der Waals surface area contributed by atoms with Gasteiger partial charge in [-0.05, 0) is 0 Å². The molecule has 58 valence electrons. The van der Waals surface area contributed by atoms with Crippen molar-refractivity contribution < 1.29 is 21.1 Å². The van der Waals surface area contributed by atoms with Crippen molar-refractivity contribution in [2.24, 2.45) is 0 Å². The second-order valence-corrected chi connectivity index (χ2v) is 2.15. The van der Waals surface area contributed by atoms with Crippen molar-refractivity contribution in [2.45, 2.75) is 0 Å². The predicted octanol–water partition coefficient (Wildman–Crippen LogP) is 1.55. The van der Waals surface area contributed by atoms with Crippen LogP contribution < -0.4 is 4.90 Å². The summed E-state index contributed by atoms with van der Waals surface area (Å²) in [5, 5.41) is 0. The fourth-order valence-electron chi connectivity index (χ4n) is 0.676. The van der Waals surface area contributed by atoms with Crippen LogP contribution >= 0.6 is 0 Å². The third-order valence-corrected chi connectivity index (χ3v) is 1.22. The fraction of sp³-hybridized carbons (Fsp3) is 0.250. The Kier molecular flexibility index (Phi) is 4.38. The van der Waals surface area contributed by atoms with Crippen LogP contribution in [0.2, 0.25) is 0 Å². The monoisotopic (exact) mass is 315 g/mol.